The number of aryl methyl sites for hydroxylation is 1. The van der Waals surface area contributed by atoms with Gasteiger partial charge in [0.15, 0.2) is 0 Å². The summed E-state index contributed by atoms with van der Waals surface area (Å²) in [6.07, 6.45) is 1.69. The summed E-state index contributed by atoms with van der Waals surface area (Å²) in [4.78, 5) is 11.6. The molecule has 1 saturated carbocycles. The second-order valence-electron chi connectivity index (χ2n) is 4.68. The van der Waals surface area contributed by atoms with E-state index in [1.807, 2.05) is 0 Å². The lowest BCUT2D eigenvalue weighted by Crippen LogP contribution is -2.35. The summed E-state index contributed by atoms with van der Waals surface area (Å²) in [5.41, 5.74) is 0. The molecule has 20 heavy (non-hydrogen) atoms. The summed E-state index contributed by atoms with van der Waals surface area (Å²) >= 11 is 0.986. The molecule has 1 fully saturated rings. The van der Waals surface area contributed by atoms with E-state index in [9.17, 15) is 13.2 Å². The van der Waals surface area contributed by atoms with Crippen molar-refractivity contribution in [2.24, 2.45) is 0 Å². The molecule has 1 aliphatic rings. The van der Waals surface area contributed by atoms with Gasteiger partial charge in [0.05, 0.1) is 11.5 Å². The van der Waals surface area contributed by atoms with E-state index in [0.717, 1.165) is 24.2 Å². The Balaban J connectivity index is 2.34. The molecular formula is C12H17NO5S2. The Labute approximate surface area is 122 Å². The van der Waals surface area contributed by atoms with Gasteiger partial charge in [-0.2, -0.15) is 4.31 Å². The second-order valence-corrected chi connectivity index (χ2v) is 7.79. The zero-order chi connectivity index (χ0) is 14.9. The maximum atomic E-state index is 12.7. The van der Waals surface area contributed by atoms with Crippen molar-refractivity contribution >= 4 is 27.3 Å². The lowest BCUT2D eigenvalue weighted by molar-refractivity contribution is 0.0702. The highest BCUT2D eigenvalue weighted by Gasteiger charge is 2.39. The standard InChI is InChI=1S/C12H17NO5S2/c1-8-11(7-10(19-8)12(14)15)20(16,17)13(5-6-18-2)9-3-4-9/h7,9H,3-6H2,1-2H3,(H,14,15). The van der Waals surface area contributed by atoms with Gasteiger partial charge in [0.2, 0.25) is 10.0 Å². The van der Waals surface area contributed by atoms with Gasteiger partial charge >= 0.3 is 5.97 Å². The molecule has 0 saturated heterocycles. The van der Waals surface area contributed by atoms with E-state index in [4.69, 9.17) is 9.84 Å². The van der Waals surface area contributed by atoms with Gasteiger partial charge in [0.25, 0.3) is 0 Å². The van der Waals surface area contributed by atoms with Crippen molar-refractivity contribution in [1.82, 2.24) is 4.31 Å². The zero-order valence-corrected chi connectivity index (χ0v) is 13.0. The first-order valence-corrected chi connectivity index (χ1v) is 8.48. The van der Waals surface area contributed by atoms with Crippen molar-refractivity contribution in [3.63, 3.8) is 0 Å². The molecule has 2 rings (SSSR count). The molecule has 1 aromatic heterocycles. The summed E-state index contributed by atoms with van der Waals surface area (Å²) < 4.78 is 31.7. The molecule has 112 valence electrons. The normalized spacial score (nSPS) is 15.8. The highest BCUT2D eigenvalue weighted by Crippen LogP contribution is 2.35. The van der Waals surface area contributed by atoms with Gasteiger partial charge in [-0.1, -0.05) is 0 Å². The van der Waals surface area contributed by atoms with Gasteiger partial charge in [0.1, 0.15) is 4.88 Å². The van der Waals surface area contributed by atoms with Gasteiger partial charge < -0.3 is 9.84 Å². The number of sulfonamides is 1. The number of hydrogen-bond acceptors (Lipinski definition) is 5. The number of nitrogens with zero attached hydrogens (tertiary/aromatic N) is 1. The van der Waals surface area contributed by atoms with Gasteiger partial charge in [-0.15, -0.1) is 11.3 Å². The molecule has 1 N–H and O–H groups in total. The molecule has 1 aliphatic carbocycles. The van der Waals surface area contributed by atoms with Crippen LogP contribution in [0, 0.1) is 6.92 Å². The third-order valence-electron chi connectivity index (χ3n) is 3.14. The molecule has 1 aromatic rings. The van der Waals surface area contributed by atoms with Gasteiger partial charge in [-0.05, 0) is 25.8 Å². The minimum atomic E-state index is -3.65. The summed E-state index contributed by atoms with van der Waals surface area (Å²) in [6.45, 7) is 2.25. The van der Waals surface area contributed by atoms with Crippen molar-refractivity contribution in [2.45, 2.75) is 30.7 Å². The Morgan fingerprint density at radius 2 is 2.20 bits per heavy atom. The second kappa shape index (κ2) is 5.80. The SMILES string of the molecule is COCCN(C1CC1)S(=O)(=O)c1cc(C(=O)O)sc1C. The topological polar surface area (TPSA) is 83.9 Å². The number of carboxylic acid groups (broad SMARTS) is 1. The Bertz CT molecular complexity index is 603. The van der Waals surface area contributed by atoms with Crippen LogP contribution in [0.15, 0.2) is 11.0 Å². The molecule has 8 heteroatoms. The Hall–Kier alpha value is -0.960. The Kier molecular flexibility index (Phi) is 4.48. The average Bonchev–Trinajstić information content (AvgIpc) is 3.10. The highest BCUT2D eigenvalue weighted by atomic mass is 32.2. The fraction of sp³-hybridized carbons (Fsp3) is 0.583. The number of carbonyl (C=O) groups is 1. The predicted octanol–water partition coefficient (Wildman–Crippen LogP) is 1.55. The molecule has 1 heterocycles. The quantitative estimate of drug-likeness (QED) is 0.824. The number of hydrogen-bond donors (Lipinski definition) is 1. The maximum Gasteiger partial charge on any atom is 0.345 e. The largest absolute Gasteiger partial charge is 0.477 e. The minimum Gasteiger partial charge on any atom is -0.477 e. The third-order valence-corrected chi connectivity index (χ3v) is 6.39. The molecule has 0 atom stereocenters. The molecule has 6 nitrogen and oxygen atoms in total. The van der Waals surface area contributed by atoms with Crippen molar-refractivity contribution < 1.29 is 23.1 Å². The summed E-state index contributed by atoms with van der Waals surface area (Å²) in [6, 6.07) is 1.27. The van der Waals surface area contributed by atoms with Crippen LogP contribution in [0.25, 0.3) is 0 Å². The fourth-order valence-electron chi connectivity index (χ4n) is 2.00. The highest BCUT2D eigenvalue weighted by molar-refractivity contribution is 7.89. The van der Waals surface area contributed by atoms with E-state index in [0.29, 0.717) is 18.0 Å². The van der Waals surface area contributed by atoms with E-state index in [1.54, 1.807) is 6.92 Å². The minimum absolute atomic E-state index is 0.0164. The summed E-state index contributed by atoms with van der Waals surface area (Å²) in [7, 11) is -2.13. The van der Waals surface area contributed by atoms with Crippen molar-refractivity contribution in [2.75, 3.05) is 20.3 Å². The van der Waals surface area contributed by atoms with Crippen LogP contribution in [0.2, 0.25) is 0 Å². The monoisotopic (exact) mass is 319 g/mol. The van der Waals surface area contributed by atoms with Gasteiger partial charge in [-0.3, -0.25) is 0 Å². The van der Waals surface area contributed by atoms with Crippen LogP contribution < -0.4 is 0 Å². The van der Waals surface area contributed by atoms with Crippen LogP contribution in [0.3, 0.4) is 0 Å². The third kappa shape index (κ3) is 3.03. The van der Waals surface area contributed by atoms with Crippen molar-refractivity contribution in [3.05, 3.63) is 15.8 Å². The van der Waals surface area contributed by atoms with Crippen molar-refractivity contribution in [1.29, 1.82) is 0 Å². The first kappa shape index (κ1) is 15.4. The maximum absolute atomic E-state index is 12.7. The Morgan fingerprint density at radius 1 is 1.55 bits per heavy atom. The number of thiophene rings is 1. The van der Waals surface area contributed by atoms with Gasteiger partial charge in [-0.25, -0.2) is 13.2 Å². The van der Waals surface area contributed by atoms with Crippen LogP contribution >= 0.6 is 11.3 Å². The van der Waals surface area contributed by atoms with E-state index in [1.165, 1.54) is 17.5 Å². The van der Waals surface area contributed by atoms with Gasteiger partial charge in [0, 0.05) is 24.6 Å². The predicted molar refractivity (Wildman–Crippen MR) is 74.8 cm³/mol. The van der Waals surface area contributed by atoms with E-state index >= 15 is 0 Å². The smallest absolute Gasteiger partial charge is 0.345 e. The van der Waals surface area contributed by atoms with Crippen LogP contribution in [0.4, 0.5) is 0 Å². The lowest BCUT2D eigenvalue weighted by atomic mass is 10.4. The molecule has 0 bridgehead atoms. The molecule has 0 spiro atoms. The van der Waals surface area contributed by atoms with Crippen molar-refractivity contribution in [3.8, 4) is 0 Å². The van der Waals surface area contributed by atoms with E-state index < -0.39 is 16.0 Å². The molecule has 0 unspecified atom stereocenters. The molecular weight excluding hydrogens is 302 g/mol. The molecule has 0 aromatic carbocycles. The molecule has 0 amide bonds. The summed E-state index contributed by atoms with van der Waals surface area (Å²) in [5, 5.41) is 8.97. The molecule has 0 aliphatic heterocycles. The first-order valence-electron chi connectivity index (χ1n) is 6.22. The number of methoxy groups -OCH3 is 1. The Morgan fingerprint density at radius 3 is 2.65 bits per heavy atom. The number of carboxylic acids is 1. The van der Waals surface area contributed by atoms with Crippen LogP contribution in [0.1, 0.15) is 27.4 Å². The number of ether oxygens (including phenoxy) is 1. The lowest BCUT2D eigenvalue weighted by Gasteiger charge is -2.21. The number of rotatable bonds is 7. The van der Waals surface area contributed by atoms with E-state index in [2.05, 4.69) is 0 Å². The zero-order valence-electron chi connectivity index (χ0n) is 11.3. The summed E-state index contributed by atoms with van der Waals surface area (Å²) in [5.74, 6) is -1.10. The van der Waals surface area contributed by atoms with Crippen LogP contribution in [-0.4, -0.2) is 50.1 Å². The molecule has 0 radical (unpaired) electrons. The first-order chi connectivity index (χ1) is 9.37. The fourth-order valence-corrected chi connectivity index (χ4v) is 5.07. The average molecular weight is 319 g/mol. The van der Waals surface area contributed by atoms with Crippen LogP contribution in [-0.2, 0) is 14.8 Å². The van der Waals surface area contributed by atoms with E-state index in [-0.39, 0.29) is 15.8 Å². The van der Waals surface area contributed by atoms with Crippen LogP contribution in [0.5, 0.6) is 0 Å². The number of aromatic carboxylic acids is 1.